The molecule has 3 aromatic rings. The Morgan fingerprint density at radius 3 is 2.12 bits per heavy atom. The zero-order chi connectivity index (χ0) is 30.7. The summed E-state index contributed by atoms with van der Waals surface area (Å²) in [6.07, 6.45) is -3.00. The van der Waals surface area contributed by atoms with Gasteiger partial charge in [0.25, 0.3) is 0 Å². The average molecular weight is 583 g/mol. The molecule has 3 rings (SSSR count). The number of esters is 1. The van der Waals surface area contributed by atoms with Crippen LogP contribution in [0.3, 0.4) is 0 Å². The van der Waals surface area contributed by atoms with Crippen molar-refractivity contribution in [3.63, 3.8) is 0 Å². The predicted octanol–water partition coefficient (Wildman–Crippen LogP) is 0.754. The zero-order valence-electron chi connectivity index (χ0n) is 21.6. The first-order valence-electron chi connectivity index (χ1n) is 11.9. The van der Waals surface area contributed by atoms with Crippen LogP contribution in [0.4, 0.5) is 13.2 Å². The number of ether oxygens (including phenoxy) is 1. The van der Waals surface area contributed by atoms with Gasteiger partial charge in [-0.3, -0.25) is 9.59 Å². The van der Waals surface area contributed by atoms with Gasteiger partial charge >= 0.3 is 18.1 Å². The maximum Gasteiger partial charge on any atom is 0.490 e. The Morgan fingerprint density at radius 1 is 0.976 bits per heavy atom. The van der Waals surface area contributed by atoms with E-state index in [1.54, 1.807) is 18.3 Å². The second-order valence-corrected chi connectivity index (χ2v) is 8.67. The minimum atomic E-state index is -5.08. The summed E-state index contributed by atoms with van der Waals surface area (Å²) in [5.74, 6) is -4.76. The van der Waals surface area contributed by atoms with E-state index in [1.165, 1.54) is 19.2 Å². The number of aliphatic hydroxyl groups is 1. The summed E-state index contributed by atoms with van der Waals surface area (Å²) in [6, 6.07) is 10.4. The molecular formula is C26H29F3N4O8. The summed E-state index contributed by atoms with van der Waals surface area (Å²) in [5, 5.41) is 32.1. The molecule has 0 radical (unpaired) electrons. The highest BCUT2D eigenvalue weighted by atomic mass is 19.4. The van der Waals surface area contributed by atoms with E-state index >= 15 is 0 Å². The smallest absolute Gasteiger partial charge is 0.490 e. The van der Waals surface area contributed by atoms with Crippen molar-refractivity contribution in [2.45, 2.75) is 37.1 Å². The van der Waals surface area contributed by atoms with Gasteiger partial charge in [-0.25, -0.2) is 9.59 Å². The summed E-state index contributed by atoms with van der Waals surface area (Å²) < 4.78 is 36.5. The first-order chi connectivity index (χ1) is 19.3. The molecule has 15 heteroatoms. The third-order valence-corrected chi connectivity index (χ3v) is 5.69. The molecule has 0 aliphatic rings. The van der Waals surface area contributed by atoms with Crippen LogP contribution in [0, 0.1) is 0 Å². The number of hydrogen-bond donors (Lipinski definition) is 7. The molecule has 1 heterocycles. The van der Waals surface area contributed by atoms with E-state index in [4.69, 9.17) is 20.4 Å². The number of aromatic amines is 1. The largest absolute Gasteiger partial charge is 0.508 e. The van der Waals surface area contributed by atoms with Crippen LogP contribution in [0.5, 0.6) is 5.75 Å². The number of aromatic hydroxyl groups is 1. The molecule has 0 spiro atoms. The third kappa shape index (κ3) is 9.81. The molecule has 0 aliphatic carbocycles. The lowest BCUT2D eigenvalue weighted by atomic mass is 10.0. The van der Waals surface area contributed by atoms with Crippen LogP contribution >= 0.6 is 0 Å². The van der Waals surface area contributed by atoms with Crippen molar-refractivity contribution in [2.75, 3.05) is 13.7 Å². The van der Waals surface area contributed by atoms with Gasteiger partial charge in [-0.05, 0) is 35.7 Å². The van der Waals surface area contributed by atoms with Crippen LogP contribution in [0.2, 0.25) is 0 Å². The molecule has 0 saturated carbocycles. The third-order valence-electron chi connectivity index (χ3n) is 5.69. The standard InChI is InChI=1S/C24H28N4O6.C2HF3O2/c1-34-24(33)20(10-14-6-8-16(30)9-7-14)27-23(32)21(13-29)28-22(31)18(25)11-15-12-26-19-5-3-2-4-17(15)19;3-2(4,5)1(6)7/h2-9,12,18,20-21,26,29-30H,10-11,13,25H2,1H3,(H,27,32)(H,28,31);(H,6,7)/t18-,20-,21-;/m0./s1. The number of aliphatic carboxylic acids is 1. The highest BCUT2D eigenvalue weighted by molar-refractivity contribution is 5.92. The monoisotopic (exact) mass is 582 g/mol. The molecule has 8 N–H and O–H groups in total. The molecule has 2 amide bonds. The Morgan fingerprint density at radius 2 is 1.56 bits per heavy atom. The van der Waals surface area contributed by atoms with E-state index in [2.05, 4.69) is 15.6 Å². The maximum atomic E-state index is 12.7. The van der Waals surface area contributed by atoms with Gasteiger partial charge in [-0.1, -0.05) is 30.3 Å². The summed E-state index contributed by atoms with van der Waals surface area (Å²) >= 11 is 0. The number of carboxylic acid groups (broad SMARTS) is 1. The second-order valence-electron chi connectivity index (χ2n) is 8.67. The minimum absolute atomic E-state index is 0.0643. The van der Waals surface area contributed by atoms with Crippen molar-refractivity contribution in [1.29, 1.82) is 0 Å². The lowest BCUT2D eigenvalue weighted by molar-refractivity contribution is -0.192. The Bertz CT molecular complexity index is 1340. The number of hydrogen-bond acceptors (Lipinski definition) is 8. The van der Waals surface area contributed by atoms with Gasteiger partial charge in [0.05, 0.1) is 19.8 Å². The molecular weight excluding hydrogens is 553 g/mol. The van der Waals surface area contributed by atoms with Gasteiger partial charge in [0, 0.05) is 23.5 Å². The predicted molar refractivity (Wildman–Crippen MR) is 138 cm³/mol. The van der Waals surface area contributed by atoms with Crippen LogP contribution < -0.4 is 16.4 Å². The number of carbonyl (C=O) groups is 4. The van der Waals surface area contributed by atoms with Crippen LogP contribution in [-0.2, 0) is 36.8 Å². The fraction of sp³-hybridized carbons (Fsp3) is 0.308. The molecule has 0 bridgehead atoms. The lowest BCUT2D eigenvalue weighted by Crippen LogP contribution is -2.56. The number of rotatable bonds is 10. The number of para-hydroxylation sites is 1. The Kier molecular flexibility index (Phi) is 11.7. The summed E-state index contributed by atoms with van der Waals surface area (Å²) in [6.45, 7) is -0.690. The number of aromatic nitrogens is 1. The summed E-state index contributed by atoms with van der Waals surface area (Å²) in [7, 11) is 1.19. The number of phenolic OH excluding ortho intramolecular Hbond substituents is 1. The quantitative estimate of drug-likeness (QED) is 0.168. The van der Waals surface area contributed by atoms with Crippen LogP contribution in [-0.4, -0.2) is 82.1 Å². The van der Waals surface area contributed by atoms with Crippen LogP contribution in [0.15, 0.2) is 54.7 Å². The number of H-pyrrole nitrogens is 1. The van der Waals surface area contributed by atoms with Crippen LogP contribution in [0.25, 0.3) is 10.9 Å². The Hall–Kier alpha value is -4.63. The number of phenols is 1. The SMILES string of the molecule is COC(=O)[C@H](Cc1ccc(O)cc1)NC(=O)[C@H](CO)NC(=O)[C@@H](N)Cc1c[nH]c2ccccc12.O=C(O)C(F)(F)F. The number of carbonyl (C=O) groups excluding carboxylic acids is 3. The maximum absolute atomic E-state index is 12.7. The van der Waals surface area contributed by atoms with E-state index in [1.807, 2.05) is 24.3 Å². The highest BCUT2D eigenvalue weighted by Crippen LogP contribution is 2.19. The van der Waals surface area contributed by atoms with Gasteiger partial charge < -0.3 is 41.4 Å². The Balaban J connectivity index is 0.000000745. The van der Waals surface area contributed by atoms with E-state index < -0.39 is 54.7 Å². The second kappa shape index (κ2) is 14.7. The van der Waals surface area contributed by atoms with Crippen molar-refractivity contribution < 1.29 is 52.4 Å². The molecule has 222 valence electrons. The number of alkyl halides is 3. The van der Waals surface area contributed by atoms with Crippen molar-refractivity contribution in [2.24, 2.45) is 5.73 Å². The van der Waals surface area contributed by atoms with Gasteiger partial charge in [-0.15, -0.1) is 0 Å². The molecule has 3 atom stereocenters. The normalized spacial score (nSPS) is 13.2. The highest BCUT2D eigenvalue weighted by Gasteiger charge is 2.38. The zero-order valence-corrected chi connectivity index (χ0v) is 21.6. The number of fused-ring (bicyclic) bond motifs is 1. The fourth-order valence-electron chi connectivity index (χ4n) is 3.58. The number of methoxy groups -OCH3 is 1. The van der Waals surface area contributed by atoms with Gasteiger partial charge in [-0.2, -0.15) is 13.2 Å². The van der Waals surface area contributed by atoms with Gasteiger partial charge in [0.1, 0.15) is 17.8 Å². The van der Waals surface area contributed by atoms with Gasteiger partial charge in [0.2, 0.25) is 11.8 Å². The molecule has 0 fully saturated rings. The molecule has 0 unspecified atom stereocenters. The molecule has 0 saturated heterocycles. The van der Waals surface area contributed by atoms with Crippen LogP contribution in [0.1, 0.15) is 11.1 Å². The lowest BCUT2D eigenvalue weighted by Gasteiger charge is -2.22. The molecule has 0 aliphatic heterocycles. The number of amides is 2. The molecule has 2 aromatic carbocycles. The topological polar surface area (TPSA) is 204 Å². The fourth-order valence-corrected chi connectivity index (χ4v) is 3.58. The van der Waals surface area contributed by atoms with Crippen molar-refractivity contribution in [1.82, 2.24) is 15.6 Å². The number of halogens is 3. The number of benzene rings is 2. The van der Waals surface area contributed by atoms with Crippen molar-refractivity contribution >= 4 is 34.7 Å². The average Bonchev–Trinajstić information content (AvgIpc) is 3.34. The molecule has 12 nitrogen and oxygen atoms in total. The van der Waals surface area contributed by atoms with E-state index in [-0.39, 0.29) is 18.6 Å². The van der Waals surface area contributed by atoms with E-state index in [0.717, 1.165) is 16.5 Å². The van der Waals surface area contributed by atoms with Crippen molar-refractivity contribution in [3.8, 4) is 5.75 Å². The number of carboxylic acids is 1. The number of nitrogens with two attached hydrogens (primary N) is 1. The molecule has 1 aromatic heterocycles. The van der Waals surface area contributed by atoms with Gasteiger partial charge in [0.15, 0.2) is 0 Å². The first kappa shape index (κ1) is 32.6. The summed E-state index contributed by atoms with van der Waals surface area (Å²) in [4.78, 5) is 49.5. The van der Waals surface area contributed by atoms with E-state index in [0.29, 0.717) is 5.56 Å². The number of nitrogens with one attached hydrogen (secondary N) is 3. The van der Waals surface area contributed by atoms with Crippen molar-refractivity contribution in [3.05, 3.63) is 65.9 Å². The Labute approximate surface area is 231 Å². The first-order valence-corrected chi connectivity index (χ1v) is 11.9. The minimum Gasteiger partial charge on any atom is -0.508 e. The summed E-state index contributed by atoms with van der Waals surface area (Å²) in [5.41, 5.74) is 8.49. The molecule has 41 heavy (non-hydrogen) atoms. The van der Waals surface area contributed by atoms with E-state index in [9.17, 15) is 37.8 Å². The number of aliphatic hydroxyl groups excluding tert-OH is 1.